The fourth-order valence-electron chi connectivity index (χ4n) is 2.89. The zero-order chi connectivity index (χ0) is 13.9. The number of pyridine rings is 1. The number of hydrogen-bond donors (Lipinski definition) is 1. The van der Waals surface area contributed by atoms with Crippen molar-refractivity contribution in [3.8, 4) is 0 Å². The minimum absolute atomic E-state index is 0.229. The van der Waals surface area contributed by atoms with Crippen LogP contribution >= 0.6 is 0 Å². The number of ether oxygens (including phenoxy) is 1. The van der Waals surface area contributed by atoms with Crippen molar-refractivity contribution in [2.75, 3.05) is 26.2 Å². The van der Waals surface area contributed by atoms with Gasteiger partial charge in [0.15, 0.2) is 0 Å². The fourth-order valence-corrected chi connectivity index (χ4v) is 2.89. The molecule has 5 nitrogen and oxygen atoms in total. The van der Waals surface area contributed by atoms with Gasteiger partial charge in [0.2, 0.25) is 0 Å². The molecule has 3 heterocycles. The zero-order valence-corrected chi connectivity index (χ0v) is 12.0. The highest BCUT2D eigenvalue weighted by Crippen LogP contribution is 2.20. The number of aromatic nitrogens is 2. The lowest BCUT2D eigenvalue weighted by Gasteiger charge is -2.32. The van der Waals surface area contributed by atoms with Crippen molar-refractivity contribution in [2.24, 2.45) is 5.73 Å². The molecule has 2 aromatic rings. The second-order valence-electron chi connectivity index (χ2n) is 5.27. The molecule has 0 saturated carbocycles. The Labute approximate surface area is 119 Å². The van der Waals surface area contributed by atoms with Crippen LogP contribution in [0.3, 0.4) is 0 Å². The van der Waals surface area contributed by atoms with Crippen molar-refractivity contribution in [3.63, 3.8) is 0 Å². The number of morpholine rings is 1. The monoisotopic (exact) mass is 274 g/mol. The van der Waals surface area contributed by atoms with E-state index in [1.165, 1.54) is 0 Å². The SMILES string of the molecule is CCN1CCOC(Cn2cc(CN)c3cccnc32)C1. The Hall–Kier alpha value is -1.43. The van der Waals surface area contributed by atoms with Gasteiger partial charge in [-0.15, -0.1) is 0 Å². The van der Waals surface area contributed by atoms with E-state index in [4.69, 9.17) is 10.5 Å². The van der Waals surface area contributed by atoms with Crippen molar-refractivity contribution < 1.29 is 4.74 Å². The number of nitrogens with zero attached hydrogens (tertiary/aromatic N) is 3. The van der Waals surface area contributed by atoms with Gasteiger partial charge in [-0.2, -0.15) is 0 Å². The Morgan fingerprint density at radius 3 is 3.20 bits per heavy atom. The summed E-state index contributed by atoms with van der Waals surface area (Å²) in [6.07, 6.45) is 4.18. The summed E-state index contributed by atoms with van der Waals surface area (Å²) in [6, 6.07) is 4.04. The van der Waals surface area contributed by atoms with Crippen LogP contribution in [0.1, 0.15) is 12.5 Å². The molecular formula is C15H22N4O. The maximum atomic E-state index is 5.88. The van der Waals surface area contributed by atoms with Crippen LogP contribution in [-0.4, -0.2) is 46.8 Å². The van der Waals surface area contributed by atoms with E-state index in [2.05, 4.69) is 33.6 Å². The van der Waals surface area contributed by atoms with Crippen LogP contribution in [0.25, 0.3) is 11.0 Å². The number of fused-ring (bicyclic) bond motifs is 1. The molecule has 3 rings (SSSR count). The Balaban J connectivity index is 1.83. The van der Waals surface area contributed by atoms with Gasteiger partial charge in [-0.1, -0.05) is 6.92 Å². The first-order chi connectivity index (χ1) is 9.81. The van der Waals surface area contributed by atoms with Crippen LogP contribution in [0.2, 0.25) is 0 Å². The average molecular weight is 274 g/mol. The van der Waals surface area contributed by atoms with Gasteiger partial charge in [-0.25, -0.2) is 4.98 Å². The van der Waals surface area contributed by atoms with Crippen LogP contribution in [0.4, 0.5) is 0 Å². The molecule has 0 amide bonds. The predicted molar refractivity (Wildman–Crippen MR) is 79.5 cm³/mol. The first-order valence-corrected chi connectivity index (χ1v) is 7.28. The van der Waals surface area contributed by atoms with Gasteiger partial charge in [0, 0.05) is 37.4 Å². The Bertz CT molecular complexity index is 580. The van der Waals surface area contributed by atoms with Gasteiger partial charge in [0.1, 0.15) is 5.65 Å². The molecule has 1 fully saturated rings. The van der Waals surface area contributed by atoms with Crippen LogP contribution in [0, 0.1) is 0 Å². The van der Waals surface area contributed by atoms with E-state index in [0.29, 0.717) is 6.54 Å². The highest BCUT2D eigenvalue weighted by molar-refractivity contribution is 5.80. The molecule has 1 aliphatic rings. The molecule has 20 heavy (non-hydrogen) atoms. The quantitative estimate of drug-likeness (QED) is 0.910. The predicted octanol–water partition coefficient (Wildman–Crippen LogP) is 1.22. The Morgan fingerprint density at radius 2 is 2.40 bits per heavy atom. The molecule has 1 unspecified atom stereocenters. The molecule has 108 valence electrons. The van der Waals surface area contributed by atoms with Gasteiger partial charge >= 0.3 is 0 Å². The second kappa shape index (κ2) is 5.91. The standard InChI is InChI=1S/C15H22N4O/c1-2-18-6-7-20-13(10-18)11-19-9-12(8-16)14-4-3-5-17-15(14)19/h3-5,9,13H,2,6-8,10-11,16H2,1H3. The minimum Gasteiger partial charge on any atom is -0.374 e. The van der Waals surface area contributed by atoms with Gasteiger partial charge in [-0.3, -0.25) is 4.90 Å². The molecule has 5 heteroatoms. The molecular weight excluding hydrogens is 252 g/mol. The van der Waals surface area contributed by atoms with Crippen LogP contribution in [0.15, 0.2) is 24.5 Å². The lowest BCUT2D eigenvalue weighted by Crippen LogP contribution is -2.43. The zero-order valence-electron chi connectivity index (χ0n) is 12.0. The van der Waals surface area contributed by atoms with Crippen molar-refractivity contribution in [1.82, 2.24) is 14.5 Å². The molecule has 0 aromatic carbocycles. The molecule has 1 saturated heterocycles. The average Bonchev–Trinajstić information content (AvgIpc) is 2.86. The Morgan fingerprint density at radius 1 is 1.50 bits per heavy atom. The van der Waals surface area contributed by atoms with Crippen molar-refractivity contribution >= 4 is 11.0 Å². The van der Waals surface area contributed by atoms with E-state index in [9.17, 15) is 0 Å². The summed E-state index contributed by atoms with van der Waals surface area (Å²) in [6.45, 7) is 7.49. The lowest BCUT2D eigenvalue weighted by molar-refractivity contribution is -0.0338. The van der Waals surface area contributed by atoms with Gasteiger partial charge in [-0.05, 0) is 24.2 Å². The van der Waals surface area contributed by atoms with E-state index in [0.717, 1.165) is 49.4 Å². The molecule has 0 bridgehead atoms. The van der Waals surface area contributed by atoms with E-state index in [1.807, 2.05) is 12.3 Å². The van der Waals surface area contributed by atoms with E-state index in [1.54, 1.807) is 0 Å². The summed E-state index contributed by atoms with van der Waals surface area (Å²) in [5.74, 6) is 0. The minimum atomic E-state index is 0.229. The fraction of sp³-hybridized carbons (Fsp3) is 0.533. The highest BCUT2D eigenvalue weighted by Gasteiger charge is 2.20. The first kappa shape index (κ1) is 13.5. The molecule has 2 aromatic heterocycles. The number of nitrogens with two attached hydrogens (primary N) is 1. The summed E-state index contributed by atoms with van der Waals surface area (Å²) < 4.78 is 8.07. The van der Waals surface area contributed by atoms with E-state index < -0.39 is 0 Å². The van der Waals surface area contributed by atoms with Crippen molar-refractivity contribution in [2.45, 2.75) is 26.1 Å². The van der Waals surface area contributed by atoms with Gasteiger partial charge in [0.25, 0.3) is 0 Å². The number of rotatable bonds is 4. The summed E-state index contributed by atoms with van der Waals surface area (Å²) in [7, 11) is 0. The molecule has 0 radical (unpaired) electrons. The normalized spacial score (nSPS) is 20.6. The second-order valence-corrected chi connectivity index (χ2v) is 5.27. The smallest absolute Gasteiger partial charge is 0.140 e. The summed E-state index contributed by atoms with van der Waals surface area (Å²) in [4.78, 5) is 6.92. The molecule has 1 aliphatic heterocycles. The first-order valence-electron chi connectivity index (χ1n) is 7.28. The highest BCUT2D eigenvalue weighted by atomic mass is 16.5. The maximum Gasteiger partial charge on any atom is 0.140 e. The van der Waals surface area contributed by atoms with Gasteiger partial charge < -0.3 is 15.0 Å². The van der Waals surface area contributed by atoms with Crippen molar-refractivity contribution in [1.29, 1.82) is 0 Å². The van der Waals surface area contributed by atoms with Crippen LogP contribution in [-0.2, 0) is 17.8 Å². The summed E-state index contributed by atoms with van der Waals surface area (Å²) in [5.41, 5.74) is 7.98. The lowest BCUT2D eigenvalue weighted by atomic mass is 10.2. The summed E-state index contributed by atoms with van der Waals surface area (Å²) in [5, 5.41) is 1.15. The Kier molecular flexibility index (Phi) is 4.00. The number of hydrogen-bond acceptors (Lipinski definition) is 4. The number of likely N-dealkylation sites (N-methyl/N-ethyl adjacent to an activating group) is 1. The molecule has 2 N–H and O–H groups in total. The third-order valence-corrected chi connectivity index (χ3v) is 4.01. The van der Waals surface area contributed by atoms with Crippen molar-refractivity contribution in [3.05, 3.63) is 30.1 Å². The van der Waals surface area contributed by atoms with Crippen LogP contribution < -0.4 is 5.73 Å². The third-order valence-electron chi connectivity index (χ3n) is 4.01. The topological polar surface area (TPSA) is 56.3 Å². The van der Waals surface area contributed by atoms with E-state index >= 15 is 0 Å². The molecule has 0 spiro atoms. The van der Waals surface area contributed by atoms with Gasteiger partial charge in [0.05, 0.1) is 19.3 Å². The molecule has 1 atom stereocenters. The van der Waals surface area contributed by atoms with E-state index in [-0.39, 0.29) is 6.10 Å². The maximum absolute atomic E-state index is 5.88. The largest absolute Gasteiger partial charge is 0.374 e. The van der Waals surface area contributed by atoms with Crippen LogP contribution in [0.5, 0.6) is 0 Å². The molecule has 0 aliphatic carbocycles. The third kappa shape index (κ3) is 2.57. The summed E-state index contributed by atoms with van der Waals surface area (Å²) >= 11 is 0.